The third kappa shape index (κ3) is 4.78. The Morgan fingerprint density at radius 3 is 1.72 bits per heavy atom. The summed E-state index contributed by atoms with van der Waals surface area (Å²) in [5.41, 5.74) is 5.61. The highest BCUT2D eigenvalue weighted by Gasteiger charge is 2.34. The Kier molecular flexibility index (Phi) is 6.90. The largest absolute Gasteiger partial charge is 0.508 e. The molecule has 1 saturated carbocycles. The number of hydrogen-bond acceptors (Lipinski definition) is 4. The van der Waals surface area contributed by atoms with E-state index in [0.29, 0.717) is 23.6 Å². The van der Waals surface area contributed by atoms with E-state index in [0.717, 1.165) is 48.8 Å². The molecule has 2 aliphatic rings. The first-order chi connectivity index (χ1) is 17.5. The zero-order valence-electron chi connectivity index (χ0n) is 20.3. The fourth-order valence-electron chi connectivity index (χ4n) is 5.63. The molecule has 2 N–H and O–H groups in total. The summed E-state index contributed by atoms with van der Waals surface area (Å²) < 4.78 is 0. The summed E-state index contributed by atoms with van der Waals surface area (Å²) in [4.78, 5) is 26.8. The van der Waals surface area contributed by atoms with Crippen LogP contribution in [0.5, 0.6) is 11.5 Å². The van der Waals surface area contributed by atoms with Crippen LogP contribution in [-0.2, 0) is 0 Å². The van der Waals surface area contributed by atoms with Crippen LogP contribution < -0.4 is 0 Å². The van der Waals surface area contributed by atoms with Crippen molar-refractivity contribution in [2.24, 2.45) is 5.92 Å². The van der Waals surface area contributed by atoms with Gasteiger partial charge in [0.15, 0.2) is 0 Å². The molecule has 0 atom stereocenters. The molecule has 5 rings (SSSR count). The van der Waals surface area contributed by atoms with Crippen LogP contribution in [0.3, 0.4) is 0 Å². The van der Waals surface area contributed by atoms with E-state index in [9.17, 15) is 19.8 Å². The number of nitrogens with zero attached hydrogens (tertiary/aromatic N) is 1. The summed E-state index contributed by atoms with van der Waals surface area (Å²) in [7, 11) is 0. The minimum atomic E-state index is -0.198. The summed E-state index contributed by atoms with van der Waals surface area (Å²) >= 11 is 0. The van der Waals surface area contributed by atoms with Gasteiger partial charge >= 0.3 is 0 Å². The number of allylic oxidation sites excluding steroid dienone is 1. The zero-order valence-corrected chi connectivity index (χ0v) is 20.3. The molecule has 5 nitrogen and oxygen atoms in total. The normalized spacial score (nSPS) is 15.4. The van der Waals surface area contributed by atoms with Crippen molar-refractivity contribution < 1.29 is 19.8 Å². The van der Waals surface area contributed by atoms with Gasteiger partial charge in [-0.05, 0) is 91.1 Å². The molecule has 0 aromatic heterocycles. The minimum absolute atomic E-state index is 0.198. The molecule has 2 amide bonds. The minimum Gasteiger partial charge on any atom is -0.508 e. The molecule has 0 spiro atoms. The second kappa shape index (κ2) is 10.4. The van der Waals surface area contributed by atoms with E-state index in [1.165, 1.54) is 23.3 Å². The van der Waals surface area contributed by atoms with E-state index in [1.54, 1.807) is 48.5 Å². The summed E-state index contributed by atoms with van der Waals surface area (Å²) in [6, 6.07) is 21.7. The summed E-state index contributed by atoms with van der Waals surface area (Å²) in [5, 5.41) is 19.7. The van der Waals surface area contributed by atoms with Gasteiger partial charge in [-0.15, -0.1) is 0 Å². The number of phenols is 2. The van der Waals surface area contributed by atoms with E-state index in [-0.39, 0.29) is 23.3 Å². The first-order valence-electron chi connectivity index (χ1n) is 12.8. The lowest BCUT2D eigenvalue weighted by Crippen LogP contribution is -2.30. The van der Waals surface area contributed by atoms with Crippen LogP contribution in [0.1, 0.15) is 76.8 Å². The van der Waals surface area contributed by atoms with Gasteiger partial charge in [-0.25, -0.2) is 0 Å². The van der Waals surface area contributed by atoms with Crippen molar-refractivity contribution in [3.8, 4) is 11.5 Å². The number of carbonyl (C=O) groups excluding carboxylic acids is 2. The van der Waals surface area contributed by atoms with Crippen LogP contribution in [0.25, 0.3) is 5.57 Å². The third-order valence-corrected chi connectivity index (χ3v) is 7.44. The molecule has 1 heterocycles. The zero-order chi connectivity index (χ0) is 25.1. The molecule has 184 valence electrons. The number of imide groups is 1. The van der Waals surface area contributed by atoms with Crippen molar-refractivity contribution in [1.82, 2.24) is 4.90 Å². The van der Waals surface area contributed by atoms with Gasteiger partial charge in [-0.2, -0.15) is 0 Å². The fourth-order valence-corrected chi connectivity index (χ4v) is 5.63. The second-order valence-corrected chi connectivity index (χ2v) is 9.74. The van der Waals surface area contributed by atoms with Gasteiger partial charge in [-0.3, -0.25) is 14.5 Å². The first-order valence-corrected chi connectivity index (χ1v) is 12.8. The predicted octanol–water partition coefficient (Wildman–Crippen LogP) is 6.56. The van der Waals surface area contributed by atoms with Crippen LogP contribution in [0.2, 0.25) is 0 Å². The Hall–Kier alpha value is -3.86. The van der Waals surface area contributed by atoms with Crippen molar-refractivity contribution >= 4 is 17.4 Å². The van der Waals surface area contributed by atoms with E-state index >= 15 is 0 Å². The lowest BCUT2D eigenvalue weighted by atomic mass is 9.83. The van der Waals surface area contributed by atoms with Gasteiger partial charge in [0.05, 0.1) is 11.1 Å². The molecule has 1 aliphatic heterocycles. The highest BCUT2D eigenvalue weighted by Crippen LogP contribution is 2.41. The quantitative estimate of drug-likeness (QED) is 0.282. The third-order valence-electron chi connectivity index (χ3n) is 7.44. The van der Waals surface area contributed by atoms with Crippen molar-refractivity contribution in [2.75, 3.05) is 6.54 Å². The predicted molar refractivity (Wildman–Crippen MR) is 140 cm³/mol. The van der Waals surface area contributed by atoms with Crippen LogP contribution in [0.4, 0.5) is 0 Å². The lowest BCUT2D eigenvalue weighted by molar-refractivity contribution is 0.0651. The first kappa shape index (κ1) is 23.9. The number of amides is 2. The Balaban J connectivity index is 1.40. The molecule has 1 fully saturated rings. The highest BCUT2D eigenvalue weighted by atomic mass is 16.3. The van der Waals surface area contributed by atoms with Crippen molar-refractivity contribution in [1.29, 1.82) is 0 Å². The van der Waals surface area contributed by atoms with Gasteiger partial charge in [-0.1, -0.05) is 54.8 Å². The molecule has 0 bridgehead atoms. The average molecular weight is 482 g/mol. The maximum absolute atomic E-state index is 12.7. The van der Waals surface area contributed by atoms with Gasteiger partial charge in [0.25, 0.3) is 11.8 Å². The molecule has 3 aromatic carbocycles. The van der Waals surface area contributed by atoms with E-state index in [2.05, 4.69) is 0 Å². The van der Waals surface area contributed by atoms with Gasteiger partial charge in [0.1, 0.15) is 11.5 Å². The summed E-state index contributed by atoms with van der Waals surface area (Å²) in [6.45, 7) is 0.415. The summed E-state index contributed by atoms with van der Waals surface area (Å²) in [6.07, 6.45) is 7.17. The Labute approximate surface area is 211 Å². The number of fused-ring (bicyclic) bond motifs is 1. The van der Waals surface area contributed by atoms with Crippen LogP contribution in [0.15, 0.2) is 78.4 Å². The molecule has 1 aliphatic carbocycles. The lowest BCUT2D eigenvalue weighted by Gasteiger charge is -2.22. The van der Waals surface area contributed by atoms with Crippen molar-refractivity contribution in [3.05, 3.63) is 101 Å². The topological polar surface area (TPSA) is 77.8 Å². The van der Waals surface area contributed by atoms with Gasteiger partial charge in [0.2, 0.25) is 0 Å². The van der Waals surface area contributed by atoms with E-state index in [4.69, 9.17) is 0 Å². The molecule has 36 heavy (non-hydrogen) atoms. The smallest absolute Gasteiger partial charge is 0.261 e. The molecule has 5 heteroatoms. The molecule has 3 aromatic rings. The number of unbranched alkanes of at least 4 members (excludes halogenated alkanes) is 1. The average Bonchev–Trinajstić information content (AvgIpc) is 3.51. The van der Waals surface area contributed by atoms with Crippen LogP contribution in [0, 0.1) is 5.92 Å². The Morgan fingerprint density at radius 1 is 0.722 bits per heavy atom. The van der Waals surface area contributed by atoms with E-state index < -0.39 is 0 Å². The highest BCUT2D eigenvalue weighted by molar-refractivity contribution is 6.21. The monoisotopic (exact) mass is 481 g/mol. The Morgan fingerprint density at radius 2 is 1.22 bits per heavy atom. The molecule has 0 unspecified atom stereocenters. The molecular weight excluding hydrogens is 450 g/mol. The maximum Gasteiger partial charge on any atom is 0.261 e. The maximum atomic E-state index is 12.7. The molecular formula is C31H31NO4. The number of carbonyl (C=O) groups is 2. The number of rotatable bonds is 8. The number of hydrogen-bond donors (Lipinski definition) is 2. The van der Waals surface area contributed by atoms with E-state index in [1.807, 2.05) is 24.3 Å². The van der Waals surface area contributed by atoms with Gasteiger partial charge in [0, 0.05) is 6.54 Å². The number of phenolic OH excluding ortho intramolecular Hbond substituents is 2. The fraction of sp³-hybridized carbons (Fsp3) is 0.290. The van der Waals surface area contributed by atoms with Crippen LogP contribution >= 0.6 is 0 Å². The molecule has 0 saturated heterocycles. The second-order valence-electron chi connectivity index (χ2n) is 9.74. The molecule has 0 radical (unpaired) electrons. The van der Waals surface area contributed by atoms with Crippen molar-refractivity contribution in [2.45, 2.75) is 44.9 Å². The van der Waals surface area contributed by atoms with Gasteiger partial charge < -0.3 is 10.2 Å². The number of benzene rings is 3. The van der Waals surface area contributed by atoms with Crippen molar-refractivity contribution in [3.63, 3.8) is 0 Å². The SMILES string of the molecule is O=C1c2ccccc2C(=O)N1CCCCC(=C(c1ccc(O)cc1)c1ccc(O)cc1)C1CCCC1. The Bertz CT molecular complexity index is 1200. The van der Waals surface area contributed by atoms with Crippen LogP contribution in [-0.4, -0.2) is 33.5 Å². The summed E-state index contributed by atoms with van der Waals surface area (Å²) in [5.74, 6) is 0.535. The standard InChI is InChI=1S/C31H31NO4/c33-24-16-12-22(13-17-24)29(23-14-18-25(34)19-15-23)26(21-7-1-2-8-21)9-5-6-20-32-30(35)27-10-3-4-11-28(27)31(32)36/h3-4,10-19,21,33-34H,1-2,5-9,20H2. The number of aromatic hydroxyl groups is 2.